The average Bonchev–Trinajstić information content (AvgIpc) is 3.44. The van der Waals surface area contributed by atoms with Crippen molar-refractivity contribution in [3.05, 3.63) is 83.9 Å². The third-order valence-electron chi connectivity index (χ3n) is 8.15. The van der Waals surface area contributed by atoms with Gasteiger partial charge in [0, 0.05) is 6.42 Å². The molecular formula is C33H42N2O5. The second kappa shape index (κ2) is 14.8. The maximum atomic E-state index is 13.6. The van der Waals surface area contributed by atoms with Crippen LogP contribution in [0.15, 0.2) is 72.8 Å². The van der Waals surface area contributed by atoms with Gasteiger partial charge in [0.1, 0.15) is 6.61 Å². The van der Waals surface area contributed by atoms with Gasteiger partial charge in [0.05, 0.1) is 30.0 Å². The highest BCUT2D eigenvalue weighted by atomic mass is 16.5. The van der Waals surface area contributed by atoms with Crippen LogP contribution < -0.4 is 10.6 Å². The number of rotatable bonds is 7. The molecule has 2 amide bonds. The fourth-order valence-corrected chi connectivity index (χ4v) is 5.77. The summed E-state index contributed by atoms with van der Waals surface area (Å²) in [6.45, 7) is -0.0789. The number of nitrogens with one attached hydrogen (secondary N) is 2. The number of allylic oxidation sites excluding steroid dienone is 2. The van der Waals surface area contributed by atoms with E-state index in [1.54, 1.807) is 0 Å². The quantitative estimate of drug-likeness (QED) is 0.342. The molecule has 0 bridgehead atoms. The zero-order valence-corrected chi connectivity index (χ0v) is 23.2. The van der Waals surface area contributed by atoms with E-state index in [0.717, 1.165) is 49.7 Å². The predicted molar refractivity (Wildman–Crippen MR) is 154 cm³/mol. The van der Waals surface area contributed by atoms with E-state index >= 15 is 0 Å². The number of benzene rings is 2. The molecule has 40 heavy (non-hydrogen) atoms. The number of aliphatic hydroxyl groups excluding tert-OH is 1. The van der Waals surface area contributed by atoms with Gasteiger partial charge in [-0.25, -0.2) is 0 Å². The van der Waals surface area contributed by atoms with Gasteiger partial charge in [-0.2, -0.15) is 0 Å². The smallest absolute Gasteiger partial charge is 0.309 e. The molecule has 1 aliphatic heterocycles. The first-order valence-electron chi connectivity index (χ1n) is 14.6. The lowest BCUT2D eigenvalue weighted by molar-refractivity contribution is -0.150. The van der Waals surface area contributed by atoms with Crippen LogP contribution in [0.5, 0.6) is 0 Å². The number of hydrogen-bond acceptors (Lipinski definition) is 5. The second-order valence-electron chi connectivity index (χ2n) is 11.2. The summed E-state index contributed by atoms with van der Waals surface area (Å²) in [5.74, 6) is -1.59. The molecule has 1 saturated carbocycles. The Kier molecular flexibility index (Phi) is 10.9. The third kappa shape index (κ3) is 8.52. The van der Waals surface area contributed by atoms with Crippen LogP contribution in [-0.2, 0) is 25.5 Å². The third-order valence-corrected chi connectivity index (χ3v) is 8.15. The van der Waals surface area contributed by atoms with E-state index in [9.17, 15) is 19.5 Å². The van der Waals surface area contributed by atoms with Crippen molar-refractivity contribution in [3.63, 3.8) is 0 Å². The van der Waals surface area contributed by atoms with Gasteiger partial charge >= 0.3 is 5.97 Å². The van der Waals surface area contributed by atoms with Crippen LogP contribution in [0.4, 0.5) is 0 Å². The maximum absolute atomic E-state index is 13.6. The van der Waals surface area contributed by atoms with Crippen LogP contribution in [-0.4, -0.2) is 41.6 Å². The van der Waals surface area contributed by atoms with Gasteiger partial charge in [-0.05, 0) is 56.1 Å². The number of aliphatic hydroxyl groups is 1. The second-order valence-corrected chi connectivity index (χ2v) is 11.2. The summed E-state index contributed by atoms with van der Waals surface area (Å²) in [5, 5.41) is 16.0. The van der Waals surface area contributed by atoms with E-state index in [-0.39, 0.29) is 43.3 Å². The van der Waals surface area contributed by atoms with Crippen molar-refractivity contribution < 1.29 is 24.2 Å². The lowest BCUT2D eigenvalue weighted by atomic mass is 9.93. The molecule has 2 aromatic carbocycles. The Labute approximate surface area is 237 Å². The summed E-state index contributed by atoms with van der Waals surface area (Å²) < 4.78 is 5.84. The van der Waals surface area contributed by atoms with Crippen LogP contribution >= 0.6 is 0 Å². The largest absolute Gasteiger partial charge is 0.463 e. The molecule has 0 saturated heterocycles. The summed E-state index contributed by atoms with van der Waals surface area (Å²) in [4.78, 5) is 39.9. The molecule has 0 radical (unpaired) electrons. The van der Waals surface area contributed by atoms with E-state index in [1.807, 2.05) is 72.8 Å². The predicted octanol–water partition coefficient (Wildman–Crippen LogP) is 4.80. The molecule has 2 aliphatic rings. The van der Waals surface area contributed by atoms with E-state index in [1.165, 1.54) is 0 Å². The number of carbonyl (C=O) groups excluding carboxylic acids is 3. The lowest BCUT2D eigenvalue weighted by Gasteiger charge is -2.29. The molecular weight excluding hydrogens is 504 g/mol. The summed E-state index contributed by atoms with van der Waals surface area (Å²) in [6, 6.07) is 18.9. The number of carbonyl (C=O) groups is 3. The van der Waals surface area contributed by atoms with Crippen molar-refractivity contribution >= 4 is 17.8 Å². The number of ether oxygens (including phenoxy) is 1. The van der Waals surface area contributed by atoms with Crippen molar-refractivity contribution in [2.45, 2.75) is 75.8 Å². The molecule has 3 atom stereocenters. The Morgan fingerprint density at radius 1 is 0.950 bits per heavy atom. The molecule has 0 aromatic heterocycles. The number of esters is 1. The minimum absolute atomic E-state index is 0.0161. The van der Waals surface area contributed by atoms with Gasteiger partial charge in [-0.1, -0.05) is 85.7 Å². The molecule has 0 spiro atoms. The number of cyclic esters (lactones) is 1. The Balaban J connectivity index is 1.50. The van der Waals surface area contributed by atoms with Crippen molar-refractivity contribution in [3.8, 4) is 0 Å². The van der Waals surface area contributed by atoms with Crippen LogP contribution in [0.2, 0.25) is 0 Å². The SMILES string of the molecule is O=C(C[C@H]1CC=CCCC[C@H](Cc2ccccc2)C(=O)OC[C@H](c2ccccc2)NC1=O)NC1(CO)CCCC1. The topological polar surface area (TPSA) is 105 Å². The average molecular weight is 547 g/mol. The molecule has 7 heteroatoms. The highest BCUT2D eigenvalue weighted by molar-refractivity contribution is 5.86. The molecule has 2 aromatic rings. The first-order valence-corrected chi connectivity index (χ1v) is 14.6. The monoisotopic (exact) mass is 546 g/mol. The van der Waals surface area contributed by atoms with Gasteiger partial charge in [0.2, 0.25) is 11.8 Å². The number of hydrogen-bond donors (Lipinski definition) is 3. The molecule has 4 rings (SSSR count). The zero-order valence-electron chi connectivity index (χ0n) is 23.2. The molecule has 1 aliphatic carbocycles. The fraction of sp³-hybridized carbons (Fsp3) is 0.485. The standard InChI is InChI=1S/C33H42N2O5/c36-24-33(19-11-12-20-33)35-30(37)22-27-17-7-1-2-8-18-28(21-25-13-5-3-6-14-25)32(39)40-23-29(34-31(27)38)26-15-9-4-10-16-26/h1,3-7,9-10,13-16,27-29,36H,2,8,11-12,17-24H2,(H,34,38)(H,35,37)/t27-,28-,29-/m1/s1. The zero-order chi connectivity index (χ0) is 28.2. The Bertz CT molecular complexity index is 1130. The fourth-order valence-electron chi connectivity index (χ4n) is 5.77. The summed E-state index contributed by atoms with van der Waals surface area (Å²) in [7, 11) is 0. The van der Waals surface area contributed by atoms with E-state index < -0.39 is 17.5 Å². The maximum Gasteiger partial charge on any atom is 0.309 e. The Morgan fingerprint density at radius 3 is 2.35 bits per heavy atom. The molecule has 214 valence electrons. The van der Waals surface area contributed by atoms with Crippen LogP contribution in [0, 0.1) is 11.8 Å². The number of amides is 2. The van der Waals surface area contributed by atoms with E-state index in [2.05, 4.69) is 10.6 Å². The van der Waals surface area contributed by atoms with Crippen LogP contribution in [0.1, 0.15) is 75.0 Å². The first kappa shape index (κ1) is 29.5. The minimum atomic E-state index is -0.581. The van der Waals surface area contributed by atoms with Gasteiger partial charge in [0.25, 0.3) is 0 Å². The molecule has 7 nitrogen and oxygen atoms in total. The van der Waals surface area contributed by atoms with Crippen molar-refractivity contribution in [1.29, 1.82) is 0 Å². The summed E-state index contributed by atoms with van der Waals surface area (Å²) >= 11 is 0. The highest BCUT2D eigenvalue weighted by Gasteiger charge is 2.36. The molecule has 0 unspecified atom stereocenters. The van der Waals surface area contributed by atoms with Gasteiger partial charge < -0.3 is 20.5 Å². The van der Waals surface area contributed by atoms with Crippen molar-refractivity contribution in [2.75, 3.05) is 13.2 Å². The molecule has 3 N–H and O–H groups in total. The van der Waals surface area contributed by atoms with E-state index in [0.29, 0.717) is 19.3 Å². The first-order chi connectivity index (χ1) is 19.5. The summed E-state index contributed by atoms with van der Waals surface area (Å²) in [6.07, 6.45) is 10.8. The molecule has 1 heterocycles. The van der Waals surface area contributed by atoms with Crippen molar-refractivity contribution in [1.82, 2.24) is 10.6 Å². The molecule has 1 fully saturated rings. The Morgan fingerprint density at radius 2 is 1.65 bits per heavy atom. The highest BCUT2D eigenvalue weighted by Crippen LogP contribution is 2.29. The van der Waals surface area contributed by atoms with Gasteiger partial charge in [-0.3, -0.25) is 14.4 Å². The Hall–Kier alpha value is -3.45. The minimum Gasteiger partial charge on any atom is -0.463 e. The van der Waals surface area contributed by atoms with Gasteiger partial charge in [0.15, 0.2) is 0 Å². The van der Waals surface area contributed by atoms with Crippen molar-refractivity contribution in [2.24, 2.45) is 11.8 Å². The van der Waals surface area contributed by atoms with Gasteiger partial charge in [-0.15, -0.1) is 0 Å². The summed E-state index contributed by atoms with van der Waals surface area (Å²) in [5.41, 5.74) is 1.34. The van der Waals surface area contributed by atoms with E-state index in [4.69, 9.17) is 4.74 Å². The van der Waals surface area contributed by atoms with Crippen LogP contribution in [0.25, 0.3) is 0 Å². The lowest BCUT2D eigenvalue weighted by Crippen LogP contribution is -2.50. The van der Waals surface area contributed by atoms with Crippen LogP contribution in [0.3, 0.4) is 0 Å². The normalized spacial score (nSPS) is 24.0.